The molecule has 0 saturated carbocycles. The fraction of sp³-hybridized carbons (Fsp3) is 0.538. The molecule has 14 heavy (non-hydrogen) atoms. The van der Waals surface area contributed by atoms with E-state index in [4.69, 9.17) is 0 Å². The lowest BCUT2D eigenvalue weighted by Crippen LogP contribution is -2.09. The van der Waals surface area contributed by atoms with Crippen molar-refractivity contribution in [3.8, 4) is 0 Å². The van der Waals surface area contributed by atoms with E-state index in [1.54, 1.807) is 0 Å². The third-order valence-electron chi connectivity index (χ3n) is 2.86. The van der Waals surface area contributed by atoms with E-state index in [9.17, 15) is 0 Å². The Balaban J connectivity index is 2.99. The second kappa shape index (κ2) is 4.97. The van der Waals surface area contributed by atoms with Gasteiger partial charge in [-0.3, -0.25) is 0 Å². The number of benzene rings is 1. The summed E-state index contributed by atoms with van der Waals surface area (Å²) < 4.78 is 0. The molecule has 78 valence electrons. The third kappa shape index (κ3) is 2.60. The van der Waals surface area contributed by atoms with Crippen LogP contribution in [0.25, 0.3) is 0 Å². The average Bonchev–Trinajstić information content (AvgIpc) is 2.19. The Morgan fingerprint density at radius 2 is 1.93 bits per heavy atom. The van der Waals surface area contributed by atoms with Crippen molar-refractivity contribution in [1.82, 2.24) is 0 Å². The second-order valence-corrected chi connectivity index (χ2v) is 5.25. The van der Waals surface area contributed by atoms with Gasteiger partial charge in [-0.2, -0.15) is 0 Å². The Kier molecular flexibility index (Phi) is 4.18. The van der Waals surface area contributed by atoms with Crippen LogP contribution in [-0.4, -0.2) is 4.83 Å². The molecule has 1 heteroatoms. The predicted octanol–water partition coefficient (Wildman–Crippen LogP) is 4.58. The fourth-order valence-electron chi connectivity index (χ4n) is 1.80. The minimum atomic E-state index is 0.586. The smallest absolute Gasteiger partial charge is 0.0209 e. The predicted molar refractivity (Wildman–Crippen MR) is 67.3 cm³/mol. The molecule has 0 saturated heterocycles. The zero-order chi connectivity index (χ0) is 10.7. The SMILES string of the molecule is CCC(Br)C(C)c1cc(C)ccc1C. The van der Waals surface area contributed by atoms with Crippen LogP contribution in [0.4, 0.5) is 0 Å². The molecule has 0 radical (unpaired) electrons. The lowest BCUT2D eigenvalue weighted by atomic mass is 9.91. The summed E-state index contributed by atoms with van der Waals surface area (Å²) >= 11 is 3.74. The summed E-state index contributed by atoms with van der Waals surface area (Å²) in [6, 6.07) is 6.71. The Bertz CT molecular complexity index is 304. The molecule has 1 rings (SSSR count). The lowest BCUT2D eigenvalue weighted by Gasteiger charge is -2.19. The molecule has 2 atom stereocenters. The second-order valence-electron chi connectivity index (χ2n) is 4.07. The van der Waals surface area contributed by atoms with Crippen molar-refractivity contribution in [1.29, 1.82) is 0 Å². The van der Waals surface area contributed by atoms with Crippen LogP contribution in [0.15, 0.2) is 18.2 Å². The van der Waals surface area contributed by atoms with Gasteiger partial charge in [0.1, 0.15) is 0 Å². The molecule has 0 aliphatic carbocycles. The molecule has 0 amide bonds. The van der Waals surface area contributed by atoms with E-state index < -0.39 is 0 Å². The number of hydrogen-bond acceptors (Lipinski definition) is 0. The molecule has 0 fully saturated rings. The summed E-state index contributed by atoms with van der Waals surface area (Å²) in [5.41, 5.74) is 4.24. The molecule has 0 N–H and O–H groups in total. The minimum absolute atomic E-state index is 0.586. The zero-order valence-corrected chi connectivity index (χ0v) is 11.1. The van der Waals surface area contributed by atoms with Gasteiger partial charge >= 0.3 is 0 Å². The maximum atomic E-state index is 3.74. The summed E-state index contributed by atoms with van der Waals surface area (Å²) in [5, 5.41) is 0. The number of rotatable bonds is 3. The number of hydrogen-bond donors (Lipinski definition) is 0. The monoisotopic (exact) mass is 254 g/mol. The standard InChI is InChI=1S/C13H19Br/c1-5-13(14)11(4)12-8-9(2)6-7-10(12)3/h6-8,11,13H,5H2,1-4H3. The molecule has 0 aliphatic heterocycles. The zero-order valence-electron chi connectivity index (χ0n) is 9.47. The van der Waals surface area contributed by atoms with Gasteiger partial charge in [-0.05, 0) is 37.3 Å². The topological polar surface area (TPSA) is 0 Å². The van der Waals surface area contributed by atoms with Crippen molar-refractivity contribution in [2.75, 3.05) is 0 Å². The van der Waals surface area contributed by atoms with Crippen LogP contribution < -0.4 is 0 Å². The van der Waals surface area contributed by atoms with E-state index in [2.05, 4.69) is 61.8 Å². The molecular weight excluding hydrogens is 236 g/mol. The van der Waals surface area contributed by atoms with Gasteiger partial charge in [0.2, 0.25) is 0 Å². The van der Waals surface area contributed by atoms with Crippen molar-refractivity contribution >= 4 is 15.9 Å². The highest BCUT2D eigenvalue weighted by atomic mass is 79.9. The van der Waals surface area contributed by atoms with Gasteiger partial charge in [-0.25, -0.2) is 0 Å². The highest BCUT2D eigenvalue weighted by molar-refractivity contribution is 9.09. The Morgan fingerprint density at radius 3 is 2.50 bits per heavy atom. The normalized spacial score (nSPS) is 15.2. The molecule has 0 heterocycles. The van der Waals surface area contributed by atoms with Crippen LogP contribution >= 0.6 is 15.9 Å². The number of alkyl halides is 1. The van der Waals surface area contributed by atoms with E-state index in [-0.39, 0.29) is 0 Å². The van der Waals surface area contributed by atoms with E-state index in [0.717, 1.165) is 0 Å². The minimum Gasteiger partial charge on any atom is -0.0884 e. The van der Waals surface area contributed by atoms with Gasteiger partial charge < -0.3 is 0 Å². The third-order valence-corrected chi connectivity index (χ3v) is 4.30. The highest BCUT2D eigenvalue weighted by Gasteiger charge is 2.15. The van der Waals surface area contributed by atoms with Crippen LogP contribution in [0.3, 0.4) is 0 Å². The van der Waals surface area contributed by atoms with E-state index in [1.807, 2.05) is 0 Å². The fourth-order valence-corrected chi connectivity index (χ4v) is 2.08. The van der Waals surface area contributed by atoms with Gasteiger partial charge in [0.25, 0.3) is 0 Å². The Labute approximate surface area is 95.9 Å². The van der Waals surface area contributed by atoms with Crippen LogP contribution in [0.1, 0.15) is 42.9 Å². The summed E-state index contributed by atoms with van der Waals surface area (Å²) in [7, 11) is 0. The van der Waals surface area contributed by atoms with Gasteiger partial charge in [0.15, 0.2) is 0 Å². The quantitative estimate of drug-likeness (QED) is 0.693. The average molecular weight is 255 g/mol. The maximum Gasteiger partial charge on any atom is 0.0209 e. The first kappa shape index (κ1) is 11.8. The summed E-state index contributed by atoms with van der Waals surface area (Å²) in [5.74, 6) is 0.597. The summed E-state index contributed by atoms with van der Waals surface area (Å²) in [4.78, 5) is 0.586. The van der Waals surface area contributed by atoms with Crippen molar-refractivity contribution in [3.05, 3.63) is 34.9 Å². The van der Waals surface area contributed by atoms with E-state index in [0.29, 0.717) is 10.7 Å². The van der Waals surface area contributed by atoms with Gasteiger partial charge in [0, 0.05) is 4.83 Å². The Morgan fingerprint density at radius 1 is 1.29 bits per heavy atom. The molecule has 0 spiro atoms. The highest BCUT2D eigenvalue weighted by Crippen LogP contribution is 2.29. The molecular formula is C13H19Br. The molecule has 1 aromatic carbocycles. The number of halogens is 1. The van der Waals surface area contributed by atoms with Gasteiger partial charge in [-0.1, -0.05) is 53.5 Å². The van der Waals surface area contributed by atoms with E-state index >= 15 is 0 Å². The molecule has 2 unspecified atom stereocenters. The van der Waals surface area contributed by atoms with Crippen LogP contribution in [0, 0.1) is 13.8 Å². The lowest BCUT2D eigenvalue weighted by molar-refractivity contribution is 0.689. The first-order chi connectivity index (χ1) is 6.56. The molecule has 0 aliphatic rings. The summed E-state index contributed by atoms with van der Waals surface area (Å²) in [6.07, 6.45) is 1.18. The van der Waals surface area contributed by atoms with Crippen molar-refractivity contribution in [2.45, 2.75) is 44.9 Å². The van der Waals surface area contributed by atoms with E-state index in [1.165, 1.54) is 23.1 Å². The van der Waals surface area contributed by atoms with Crippen LogP contribution in [0.5, 0.6) is 0 Å². The molecule has 0 nitrogen and oxygen atoms in total. The largest absolute Gasteiger partial charge is 0.0884 e. The molecule has 0 aromatic heterocycles. The Hall–Kier alpha value is -0.300. The first-order valence-electron chi connectivity index (χ1n) is 5.27. The maximum absolute atomic E-state index is 3.74. The van der Waals surface area contributed by atoms with Crippen molar-refractivity contribution < 1.29 is 0 Å². The first-order valence-corrected chi connectivity index (χ1v) is 6.19. The van der Waals surface area contributed by atoms with Gasteiger partial charge in [0.05, 0.1) is 0 Å². The molecule has 0 bridgehead atoms. The summed E-state index contributed by atoms with van der Waals surface area (Å²) in [6.45, 7) is 8.87. The number of aryl methyl sites for hydroxylation is 2. The van der Waals surface area contributed by atoms with Crippen molar-refractivity contribution in [2.24, 2.45) is 0 Å². The molecule has 1 aromatic rings. The van der Waals surface area contributed by atoms with Crippen LogP contribution in [-0.2, 0) is 0 Å². The van der Waals surface area contributed by atoms with Gasteiger partial charge in [-0.15, -0.1) is 0 Å². The van der Waals surface area contributed by atoms with Crippen molar-refractivity contribution in [3.63, 3.8) is 0 Å². The van der Waals surface area contributed by atoms with Crippen LogP contribution in [0.2, 0.25) is 0 Å².